The lowest BCUT2D eigenvalue weighted by molar-refractivity contribution is -0.127. The van der Waals surface area contributed by atoms with E-state index in [0.29, 0.717) is 11.4 Å². The molecule has 7 heteroatoms. The minimum Gasteiger partial charge on any atom is -0.497 e. The first-order valence-electron chi connectivity index (χ1n) is 7.69. The van der Waals surface area contributed by atoms with Gasteiger partial charge in [0.05, 0.1) is 17.7 Å². The van der Waals surface area contributed by atoms with E-state index < -0.39 is 10.0 Å². The number of benzene rings is 2. The van der Waals surface area contributed by atoms with Crippen molar-refractivity contribution in [1.29, 1.82) is 0 Å². The van der Waals surface area contributed by atoms with Crippen molar-refractivity contribution >= 4 is 21.6 Å². The Morgan fingerprint density at radius 1 is 1.00 bits per heavy atom. The maximum Gasteiger partial charge on any atom is 0.264 e. The Balaban J connectivity index is 2.48. The number of hydrogen-bond acceptors (Lipinski definition) is 4. The molecule has 0 bridgehead atoms. The second kappa shape index (κ2) is 7.57. The molecule has 0 aliphatic heterocycles. The van der Waals surface area contributed by atoms with Gasteiger partial charge in [-0.15, -0.1) is 0 Å². The fourth-order valence-electron chi connectivity index (χ4n) is 2.17. The summed E-state index contributed by atoms with van der Waals surface area (Å²) in [6, 6.07) is 13.1. The number of hydrogen-bond donors (Lipinski definition) is 0. The summed E-state index contributed by atoms with van der Waals surface area (Å²) in [7, 11) is 0.840. The summed E-state index contributed by atoms with van der Waals surface area (Å²) in [6.45, 7) is 1.60. The van der Waals surface area contributed by atoms with Gasteiger partial charge in [-0.05, 0) is 43.3 Å². The average molecular weight is 362 g/mol. The Kier molecular flexibility index (Phi) is 5.69. The Morgan fingerprint density at radius 2 is 1.56 bits per heavy atom. The van der Waals surface area contributed by atoms with Gasteiger partial charge >= 0.3 is 0 Å². The first kappa shape index (κ1) is 18.8. The molecule has 2 aromatic rings. The second-order valence-corrected chi connectivity index (χ2v) is 7.67. The lowest BCUT2D eigenvalue weighted by Gasteiger charge is -2.25. The molecule has 0 atom stereocenters. The van der Waals surface area contributed by atoms with Crippen LogP contribution >= 0.6 is 0 Å². The predicted octanol–water partition coefficient (Wildman–Crippen LogP) is 2.29. The quantitative estimate of drug-likeness (QED) is 0.791. The van der Waals surface area contributed by atoms with Crippen LogP contribution in [0.25, 0.3) is 0 Å². The summed E-state index contributed by atoms with van der Waals surface area (Å²) in [4.78, 5) is 13.7. The molecule has 0 radical (unpaired) electrons. The van der Waals surface area contributed by atoms with E-state index in [2.05, 4.69) is 0 Å². The zero-order valence-electron chi connectivity index (χ0n) is 14.8. The van der Waals surface area contributed by atoms with E-state index in [4.69, 9.17) is 4.74 Å². The van der Waals surface area contributed by atoms with Crippen molar-refractivity contribution in [1.82, 2.24) is 4.90 Å². The Labute approximate surface area is 148 Å². The Hall–Kier alpha value is -2.54. The lowest BCUT2D eigenvalue weighted by atomic mass is 10.2. The van der Waals surface area contributed by atoms with Crippen molar-refractivity contribution < 1.29 is 17.9 Å². The zero-order chi connectivity index (χ0) is 18.6. The fourth-order valence-corrected chi connectivity index (χ4v) is 3.58. The summed E-state index contributed by atoms with van der Waals surface area (Å²) in [5, 5.41) is 0. The van der Waals surface area contributed by atoms with Gasteiger partial charge in [0.2, 0.25) is 5.91 Å². The number of aryl methyl sites for hydroxylation is 1. The van der Waals surface area contributed by atoms with Crippen molar-refractivity contribution in [2.24, 2.45) is 0 Å². The van der Waals surface area contributed by atoms with Crippen LogP contribution in [0.15, 0.2) is 53.4 Å². The van der Waals surface area contributed by atoms with Crippen molar-refractivity contribution in [3.05, 3.63) is 54.1 Å². The summed E-state index contributed by atoms with van der Waals surface area (Å²) in [6.07, 6.45) is 0. The highest BCUT2D eigenvalue weighted by atomic mass is 32.2. The van der Waals surface area contributed by atoms with Crippen LogP contribution in [0.5, 0.6) is 5.75 Å². The van der Waals surface area contributed by atoms with Crippen molar-refractivity contribution in [3.8, 4) is 5.75 Å². The molecule has 2 rings (SSSR count). The molecular formula is C18H22N2O4S. The van der Waals surface area contributed by atoms with E-state index in [9.17, 15) is 13.2 Å². The molecule has 0 unspecified atom stereocenters. The highest BCUT2D eigenvalue weighted by molar-refractivity contribution is 7.92. The maximum absolute atomic E-state index is 13.1. The summed E-state index contributed by atoms with van der Waals surface area (Å²) in [5.74, 6) is 0.293. The lowest BCUT2D eigenvalue weighted by Crippen LogP contribution is -2.40. The molecule has 0 aromatic heterocycles. The van der Waals surface area contributed by atoms with E-state index in [1.54, 1.807) is 62.6 Å². The van der Waals surface area contributed by atoms with Gasteiger partial charge < -0.3 is 9.64 Å². The summed E-state index contributed by atoms with van der Waals surface area (Å²) in [5.41, 5.74) is 1.36. The third-order valence-electron chi connectivity index (χ3n) is 3.75. The highest BCUT2D eigenvalue weighted by Crippen LogP contribution is 2.26. The number of amides is 1. The van der Waals surface area contributed by atoms with Crippen LogP contribution in [-0.2, 0) is 14.8 Å². The number of nitrogens with zero attached hydrogens (tertiary/aromatic N) is 2. The van der Waals surface area contributed by atoms with Gasteiger partial charge in [-0.1, -0.05) is 17.7 Å². The molecule has 0 N–H and O–H groups in total. The van der Waals surface area contributed by atoms with Gasteiger partial charge in [0.1, 0.15) is 12.3 Å². The maximum atomic E-state index is 13.1. The molecular weight excluding hydrogens is 340 g/mol. The number of anilines is 1. The number of carbonyl (C=O) groups excluding carboxylic acids is 1. The number of likely N-dealkylation sites (N-methyl/N-ethyl adjacent to an activating group) is 1. The smallest absolute Gasteiger partial charge is 0.264 e. The van der Waals surface area contributed by atoms with Gasteiger partial charge in [-0.2, -0.15) is 0 Å². The van der Waals surface area contributed by atoms with E-state index >= 15 is 0 Å². The minimum absolute atomic E-state index is 0.139. The van der Waals surface area contributed by atoms with Crippen molar-refractivity contribution in [2.45, 2.75) is 11.8 Å². The average Bonchev–Trinajstić information content (AvgIpc) is 2.59. The van der Waals surface area contributed by atoms with E-state index in [1.807, 2.05) is 6.92 Å². The largest absolute Gasteiger partial charge is 0.497 e. The Bertz CT molecular complexity index is 828. The first-order valence-corrected chi connectivity index (χ1v) is 9.13. The zero-order valence-corrected chi connectivity index (χ0v) is 15.6. The molecule has 0 aliphatic carbocycles. The number of ether oxygens (including phenoxy) is 1. The molecule has 0 heterocycles. The molecule has 0 spiro atoms. The predicted molar refractivity (Wildman–Crippen MR) is 97.4 cm³/mol. The molecule has 134 valence electrons. The minimum atomic E-state index is -3.87. The van der Waals surface area contributed by atoms with Crippen LogP contribution in [0.1, 0.15) is 5.56 Å². The van der Waals surface area contributed by atoms with Crippen LogP contribution in [0.4, 0.5) is 5.69 Å². The van der Waals surface area contributed by atoms with E-state index in [1.165, 1.54) is 12.0 Å². The number of sulfonamides is 1. The second-order valence-electron chi connectivity index (χ2n) is 5.81. The molecule has 2 aromatic carbocycles. The topological polar surface area (TPSA) is 66.9 Å². The number of rotatable bonds is 6. The van der Waals surface area contributed by atoms with Gasteiger partial charge in [0, 0.05) is 14.1 Å². The third kappa shape index (κ3) is 4.30. The molecule has 0 fully saturated rings. The van der Waals surface area contributed by atoms with Gasteiger partial charge in [0.25, 0.3) is 10.0 Å². The highest BCUT2D eigenvalue weighted by Gasteiger charge is 2.27. The fraction of sp³-hybridized carbons (Fsp3) is 0.278. The van der Waals surface area contributed by atoms with Gasteiger partial charge in [-0.25, -0.2) is 8.42 Å². The van der Waals surface area contributed by atoms with E-state index in [0.717, 1.165) is 9.87 Å². The molecule has 25 heavy (non-hydrogen) atoms. The van der Waals surface area contributed by atoms with Gasteiger partial charge in [0.15, 0.2) is 0 Å². The summed E-state index contributed by atoms with van der Waals surface area (Å²) < 4.78 is 32.4. The van der Waals surface area contributed by atoms with Crippen LogP contribution in [0, 0.1) is 6.92 Å². The van der Waals surface area contributed by atoms with Crippen molar-refractivity contribution in [3.63, 3.8) is 0 Å². The molecule has 6 nitrogen and oxygen atoms in total. The van der Waals surface area contributed by atoms with Crippen LogP contribution < -0.4 is 9.04 Å². The van der Waals surface area contributed by atoms with Crippen LogP contribution in [0.2, 0.25) is 0 Å². The number of carbonyl (C=O) groups is 1. The molecule has 0 saturated carbocycles. The summed E-state index contributed by atoms with van der Waals surface area (Å²) >= 11 is 0. The Morgan fingerprint density at radius 3 is 2.04 bits per heavy atom. The van der Waals surface area contributed by atoms with Crippen LogP contribution in [0.3, 0.4) is 0 Å². The van der Waals surface area contributed by atoms with Crippen molar-refractivity contribution in [2.75, 3.05) is 32.1 Å². The molecule has 1 amide bonds. The normalized spacial score (nSPS) is 11.0. The first-order chi connectivity index (χ1) is 11.8. The number of methoxy groups -OCH3 is 1. The standard InChI is InChI=1S/C18H22N2O4S/c1-14-5-11-17(12-6-14)25(22,23)20(13-18(21)19(2)3)15-7-9-16(24-4)10-8-15/h5-12H,13H2,1-4H3. The SMILES string of the molecule is COc1ccc(N(CC(=O)N(C)C)S(=O)(=O)c2ccc(C)cc2)cc1. The third-order valence-corrected chi connectivity index (χ3v) is 5.54. The van der Waals surface area contributed by atoms with E-state index in [-0.39, 0.29) is 17.3 Å². The molecule has 0 aliphatic rings. The molecule has 0 saturated heterocycles. The van der Waals surface area contributed by atoms with Gasteiger partial charge in [-0.3, -0.25) is 9.10 Å². The monoisotopic (exact) mass is 362 g/mol. The van der Waals surface area contributed by atoms with Crippen LogP contribution in [-0.4, -0.2) is 47.0 Å².